The fourth-order valence-corrected chi connectivity index (χ4v) is 1.98. The van der Waals surface area contributed by atoms with Crippen molar-refractivity contribution in [3.05, 3.63) is 34.9 Å². The molecule has 0 fully saturated rings. The van der Waals surface area contributed by atoms with E-state index in [1.165, 1.54) is 5.01 Å². The highest BCUT2D eigenvalue weighted by molar-refractivity contribution is 6.31. The summed E-state index contributed by atoms with van der Waals surface area (Å²) in [5, 5.41) is 1.96. The summed E-state index contributed by atoms with van der Waals surface area (Å²) in [7, 11) is 0. The van der Waals surface area contributed by atoms with Gasteiger partial charge in [0, 0.05) is 10.6 Å². The van der Waals surface area contributed by atoms with Gasteiger partial charge >= 0.3 is 0 Å². The van der Waals surface area contributed by atoms with Crippen LogP contribution in [0.3, 0.4) is 0 Å². The Hall–Kier alpha value is -2.38. The van der Waals surface area contributed by atoms with Crippen LogP contribution < -0.4 is 33.8 Å². The number of hydrogen-bond donors (Lipinski definition) is 5. The summed E-state index contributed by atoms with van der Waals surface area (Å²) in [6.07, 6.45) is 0. The molecule has 0 aliphatic heterocycles. The third-order valence-electron chi connectivity index (χ3n) is 2.84. The van der Waals surface area contributed by atoms with Gasteiger partial charge in [0.15, 0.2) is 0 Å². The second-order valence-corrected chi connectivity index (χ2v) is 4.77. The third-order valence-corrected chi connectivity index (χ3v) is 3.07. The molecule has 106 valence electrons. The Labute approximate surface area is 121 Å². The van der Waals surface area contributed by atoms with Gasteiger partial charge in [-0.1, -0.05) is 11.6 Å². The molecule has 0 saturated carbocycles. The fraction of sp³-hybridized carbons (Fsp3) is 0.0833. The molecule has 0 unspecified atom stereocenters. The first kappa shape index (κ1) is 14.0. The van der Waals surface area contributed by atoms with Gasteiger partial charge in [0.2, 0.25) is 0 Å². The molecule has 0 aliphatic rings. The minimum atomic E-state index is 0.174. The van der Waals surface area contributed by atoms with E-state index in [-0.39, 0.29) is 18.2 Å². The summed E-state index contributed by atoms with van der Waals surface area (Å²) < 4.78 is 0. The van der Waals surface area contributed by atoms with E-state index >= 15 is 0 Å². The zero-order valence-electron chi connectivity index (χ0n) is 10.7. The summed E-state index contributed by atoms with van der Waals surface area (Å²) in [6.45, 7) is 0.271. The SMILES string of the molecule is Nc1cc(CN(N)c2cc(Cl)ccc2N)c(N)c(N)n1. The van der Waals surface area contributed by atoms with Gasteiger partial charge in [-0.15, -0.1) is 0 Å². The maximum Gasteiger partial charge on any atom is 0.149 e. The number of hydrogen-bond acceptors (Lipinski definition) is 7. The van der Waals surface area contributed by atoms with Gasteiger partial charge < -0.3 is 27.9 Å². The van der Waals surface area contributed by atoms with Crippen LogP contribution in [0.25, 0.3) is 0 Å². The molecule has 0 aliphatic carbocycles. The van der Waals surface area contributed by atoms with Crippen molar-refractivity contribution in [1.29, 1.82) is 0 Å². The highest BCUT2D eigenvalue weighted by atomic mass is 35.5. The first-order valence-electron chi connectivity index (χ1n) is 5.76. The van der Waals surface area contributed by atoms with Crippen LogP contribution in [0, 0.1) is 0 Å². The predicted molar refractivity (Wildman–Crippen MR) is 83.7 cm³/mol. The quantitative estimate of drug-likeness (QED) is 0.321. The van der Waals surface area contributed by atoms with Crippen molar-refractivity contribution in [3.8, 4) is 0 Å². The van der Waals surface area contributed by atoms with E-state index in [9.17, 15) is 0 Å². The first-order valence-corrected chi connectivity index (χ1v) is 6.14. The number of aromatic nitrogens is 1. The van der Waals surface area contributed by atoms with Crippen LogP contribution in [0.4, 0.5) is 28.7 Å². The Kier molecular flexibility index (Phi) is 3.73. The lowest BCUT2D eigenvalue weighted by molar-refractivity contribution is 0.856. The number of hydrazine groups is 1. The fourth-order valence-electron chi connectivity index (χ4n) is 1.82. The molecule has 0 saturated heterocycles. The van der Waals surface area contributed by atoms with Crippen LogP contribution in [-0.2, 0) is 6.54 Å². The number of nitrogens with two attached hydrogens (primary N) is 5. The summed E-state index contributed by atoms with van der Waals surface area (Å²) in [5.41, 5.74) is 25.1. The van der Waals surface area contributed by atoms with Gasteiger partial charge in [-0.05, 0) is 24.3 Å². The van der Waals surface area contributed by atoms with Crippen LogP contribution >= 0.6 is 11.6 Å². The number of pyridine rings is 1. The molecular formula is C12H16ClN7. The summed E-state index contributed by atoms with van der Waals surface area (Å²) in [6, 6.07) is 6.65. The van der Waals surface area contributed by atoms with Gasteiger partial charge in [0.05, 0.1) is 23.6 Å². The molecule has 0 spiro atoms. The molecule has 0 radical (unpaired) electrons. The second kappa shape index (κ2) is 5.32. The smallest absolute Gasteiger partial charge is 0.149 e. The lowest BCUT2D eigenvalue weighted by atomic mass is 10.2. The third kappa shape index (κ3) is 2.79. The number of nitrogens with zero attached hydrogens (tertiary/aromatic N) is 2. The largest absolute Gasteiger partial charge is 0.397 e. The maximum absolute atomic E-state index is 6.00. The number of anilines is 5. The van der Waals surface area contributed by atoms with Crippen molar-refractivity contribution >= 4 is 40.3 Å². The minimum absolute atomic E-state index is 0.174. The van der Waals surface area contributed by atoms with Crippen molar-refractivity contribution < 1.29 is 0 Å². The zero-order chi connectivity index (χ0) is 14.9. The van der Waals surface area contributed by atoms with E-state index in [1.807, 2.05) is 0 Å². The van der Waals surface area contributed by atoms with Crippen LogP contribution in [0.5, 0.6) is 0 Å². The molecule has 10 N–H and O–H groups in total. The average molecular weight is 294 g/mol. The van der Waals surface area contributed by atoms with Crippen molar-refractivity contribution in [2.45, 2.75) is 6.54 Å². The molecule has 2 aromatic rings. The number of nitrogen functional groups attached to an aromatic ring is 4. The maximum atomic E-state index is 6.00. The van der Waals surface area contributed by atoms with E-state index in [2.05, 4.69) is 4.98 Å². The molecule has 0 atom stereocenters. The van der Waals surface area contributed by atoms with Crippen molar-refractivity contribution in [2.24, 2.45) is 5.84 Å². The Morgan fingerprint density at radius 3 is 2.50 bits per heavy atom. The van der Waals surface area contributed by atoms with Crippen LogP contribution in [0.2, 0.25) is 5.02 Å². The Morgan fingerprint density at radius 2 is 1.80 bits per heavy atom. The first-order chi connectivity index (χ1) is 9.38. The lowest BCUT2D eigenvalue weighted by Crippen LogP contribution is -2.31. The zero-order valence-corrected chi connectivity index (χ0v) is 11.4. The Morgan fingerprint density at radius 1 is 1.10 bits per heavy atom. The summed E-state index contributed by atoms with van der Waals surface area (Å²) in [4.78, 5) is 3.87. The molecule has 0 amide bonds. The molecule has 7 nitrogen and oxygen atoms in total. The topological polar surface area (TPSA) is 146 Å². The molecule has 0 bridgehead atoms. The molecule has 2 rings (SSSR count). The van der Waals surface area contributed by atoms with E-state index in [0.29, 0.717) is 27.6 Å². The minimum Gasteiger partial charge on any atom is -0.397 e. The average Bonchev–Trinajstić information content (AvgIpc) is 2.38. The van der Waals surface area contributed by atoms with E-state index in [1.54, 1.807) is 24.3 Å². The highest BCUT2D eigenvalue weighted by Crippen LogP contribution is 2.28. The molecule has 1 aromatic heterocycles. The van der Waals surface area contributed by atoms with Crippen molar-refractivity contribution in [3.63, 3.8) is 0 Å². The monoisotopic (exact) mass is 293 g/mol. The van der Waals surface area contributed by atoms with Crippen LogP contribution in [0.1, 0.15) is 5.56 Å². The number of benzene rings is 1. The molecule has 1 aromatic carbocycles. The van der Waals surface area contributed by atoms with E-state index in [4.69, 9.17) is 40.4 Å². The lowest BCUT2D eigenvalue weighted by Gasteiger charge is -2.22. The summed E-state index contributed by atoms with van der Waals surface area (Å²) >= 11 is 5.93. The van der Waals surface area contributed by atoms with Gasteiger partial charge in [-0.2, -0.15) is 0 Å². The van der Waals surface area contributed by atoms with Crippen LogP contribution in [-0.4, -0.2) is 4.98 Å². The van der Waals surface area contributed by atoms with E-state index < -0.39 is 0 Å². The van der Waals surface area contributed by atoms with Gasteiger partial charge in [0.25, 0.3) is 0 Å². The number of rotatable bonds is 3. The van der Waals surface area contributed by atoms with Crippen molar-refractivity contribution in [1.82, 2.24) is 4.98 Å². The molecule has 1 heterocycles. The van der Waals surface area contributed by atoms with Crippen LogP contribution in [0.15, 0.2) is 24.3 Å². The summed E-state index contributed by atoms with van der Waals surface area (Å²) in [5.74, 6) is 6.45. The molecule has 20 heavy (non-hydrogen) atoms. The Balaban J connectivity index is 2.32. The standard InChI is InChI=1S/C12H16ClN7/c13-7-1-2-8(14)9(4-7)20(18)5-6-3-10(15)19-12(17)11(6)16/h1-4H,5,14,16,18H2,(H4,15,17,19). The number of halogens is 1. The Bertz CT molecular complexity index is 644. The highest BCUT2D eigenvalue weighted by Gasteiger charge is 2.12. The van der Waals surface area contributed by atoms with Gasteiger partial charge in [0.1, 0.15) is 11.6 Å². The van der Waals surface area contributed by atoms with E-state index in [0.717, 1.165) is 0 Å². The normalized spacial score (nSPS) is 10.5. The van der Waals surface area contributed by atoms with Gasteiger partial charge in [-0.25, -0.2) is 10.8 Å². The second-order valence-electron chi connectivity index (χ2n) is 4.34. The predicted octanol–water partition coefficient (Wildman–Crippen LogP) is 0.944. The van der Waals surface area contributed by atoms with Crippen molar-refractivity contribution in [2.75, 3.05) is 27.9 Å². The molecule has 8 heteroatoms. The van der Waals surface area contributed by atoms with Gasteiger partial charge in [-0.3, -0.25) is 0 Å². The molecular weight excluding hydrogens is 278 g/mol.